The van der Waals surface area contributed by atoms with Crippen molar-refractivity contribution in [2.75, 3.05) is 0 Å². The third-order valence-electron chi connectivity index (χ3n) is 4.31. The van der Waals surface area contributed by atoms with Gasteiger partial charge in [-0.3, -0.25) is 0 Å². The van der Waals surface area contributed by atoms with Crippen LogP contribution in [0.4, 0.5) is 4.39 Å². The summed E-state index contributed by atoms with van der Waals surface area (Å²) >= 11 is 0. The standard InChI is InChI=1S/C16H23FO/c1-16(2)9-7-12(8-10-16)15(18)11-13-5-3-4-6-14(13)17/h3-6,12,15,18H,7-11H2,1-2H3. The molecule has 1 aromatic rings. The van der Waals surface area contributed by atoms with E-state index < -0.39 is 6.10 Å². The molecule has 1 aromatic carbocycles. The van der Waals surface area contributed by atoms with Crippen molar-refractivity contribution in [1.82, 2.24) is 0 Å². The fraction of sp³-hybridized carbons (Fsp3) is 0.625. The minimum atomic E-state index is -0.405. The zero-order chi connectivity index (χ0) is 13.2. The van der Waals surface area contributed by atoms with E-state index in [1.807, 2.05) is 6.07 Å². The molecule has 1 unspecified atom stereocenters. The molecule has 1 aliphatic rings. The summed E-state index contributed by atoms with van der Waals surface area (Å²) in [4.78, 5) is 0. The Morgan fingerprint density at radius 1 is 1.28 bits per heavy atom. The molecular weight excluding hydrogens is 227 g/mol. The molecule has 1 atom stereocenters. The number of halogens is 1. The predicted molar refractivity (Wildman–Crippen MR) is 71.8 cm³/mol. The molecule has 1 fully saturated rings. The van der Waals surface area contributed by atoms with Crippen LogP contribution in [0.15, 0.2) is 24.3 Å². The zero-order valence-electron chi connectivity index (χ0n) is 11.3. The van der Waals surface area contributed by atoms with Crippen LogP contribution >= 0.6 is 0 Å². The van der Waals surface area contributed by atoms with Crippen molar-refractivity contribution < 1.29 is 9.50 Å². The van der Waals surface area contributed by atoms with Gasteiger partial charge in [0.25, 0.3) is 0 Å². The van der Waals surface area contributed by atoms with Gasteiger partial charge in [0.1, 0.15) is 5.82 Å². The van der Waals surface area contributed by atoms with E-state index >= 15 is 0 Å². The van der Waals surface area contributed by atoms with Gasteiger partial charge < -0.3 is 5.11 Å². The molecule has 2 heteroatoms. The largest absolute Gasteiger partial charge is 0.392 e. The fourth-order valence-corrected chi connectivity index (χ4v) is 2.86. The first-order chi connectivity index (χ1) is 8.48. The zero-order valence-corrected chi connectivity index (χ0v) is 11.3. The van der Waals surface area contributed by atoms with Gasteiger partial charge in [0.2, 0.25) is 0 Å². The summed E-state index contributed by atoms with van der Waals surface area (Å²) in [6.45, 7) is 4.57. The molecule has 1 nitrogen and oxygen atoms in total. The average Bonchev–Trinajstić information content (AvgIpc) is 2.32. The lowest BCUT2D eigenvalue weighted by Gasteiger charge is -2.36. The first-order valence-corrected chi connectivity index (χ1v) is 6.89. The quantitative estimate of drug-likeness (QED) is 0.861. The Labute approximate surface area is 109 Å². The van der Waals surface area contributed by atoms with E-state index in [-0.39, 0.29) is 5.82 Å². The van der Waals surface area contributed by atoms with Crippen molar-refractivity contribution in [3.8, 4) is 0 Å². The summed E-state index contributed by atoms with van der Waals surface area (Å²) in [5, 5.41) is 10.3. The van der Waals surface area contributed by atoms with Gasteiger partial charge in [0.05, 0.1) is 6.10 Å². The van der Waals surface area contributed by atoms with E-state index in [2.05, 4.69) is 13.8 Å². The fourth-order valence-electron chi connectivity index (χ4n) is 2.86. The van der Waals surface area contributed by atoms with Gasteiger partial charge >= 0.3 is 0 Å². The van der Waals surface area contributed by atoms with Crippen LogP contribution in [0.5, 0.6) is 0 Å². The maximum absolute atomic E-state index is 13.5. The molecule has 1 aliphatic carbocycles. The summed E-state index contributed by atoms with van der Waals surface area (Å²) < 4.78 is 13.5. The van der Waals surface area contributed by atoms with Gasteiger partial charge in [-0.15, -0.1) is 0 Å². The van der Waals surface area contributed by atoms with Crippen molar-refractivity contribution >= 4 is 0 Å². The predicted octanol–water partition coefficient (Wildman–Crippen LogP) is 3.95. The SMILES string of the molecule is CC1(C)CCC(C(O)Cc2ccccc2F)CC1. The monoisotopic (exact) mass is 250 g/mol. The Morgan fingerprint density at radius 3 is 2.50 bits per heavy atom. The molecular formula is C16H23FO. The van der Waals surface area contributed by atoms with E-state index in [0.717, 1.165) is 25.7 Å². The highest BCUT2D eigenvalue weighted by Crippen LogP contribution is 2.39. The topological polar surface area (TPSA) is 20.2 Å². The summed E-state index contributed by atoms with van der Waals surface area (Å²) in [5.74, 6) is 0.130. The highest BCUT2D eigenvalue weighted by molar-refractivity contribution is 5.18. The van der Waals surface area contributed by atoms with Crippen molar-refractivity contribution in [3.63, 3.8) is 0 Å². The number of rotatable bonds is 3. The van der Waals surface area contributed by atoms with E-state index in [0.29, 0.717) is 23.3 Å². The molecule has 0 amide bonds. The summed E-state index contributed by atoms with van der Waals surface area (Å²) in [7, 11) is 0. The first kappa shape index (κ1) is 13.5. The van der Waals surface area contributed by atoms with Gasteiger partial charge in [-0.1, -0.05) is 32.0 Å². The second-order valence-electron chi connectivity index (χ2n) is 6.36. The minimum absolute atomic E-state index is 0.201. The molecule has 100 valence electrons. The molecule has 0 aliphatic heterocycles. The van der Waals surface area contributed by atoms with Gasteiger partial charge in [0.15, 0.2) is 0 Å². The second kappa shape index (κ2) is 5.40. The average molecular weight is 250 g/mol. The Morgan fingerprint density at radius 2 is 1.89 bits per heavy atom. The summed E-state index contributed by atoms with van der Waals surface area (Å²) in [6, 6.07) is 6.75. The van der Waals surface area contributed by atoms with E-state index in [9.17, 15) is 9.50 Å². The van der Waals surface area contributed by atoms with Crippen LogP contribution in [0, 0.1) is 17.2 Å². The normalized spacial score (nSPS) is 21.8. The molecule has 2 rings (SSSR count). The lowest BCUT2D eigenvalue weighted by atomic mass is 9.71. The van der Waals surface area contributed by atoms with Crippen LogP contribution in [-0.4, -0.2) is 11.2 Å². The maximum Gasteiger partial charge on any atom is 0.126 e. The van der Waals surface area contributed by atoms with Crippen LogP contribution in [0.3, 0.4) is 0 Å². The Balaban J connectivity index is 1.93. The smallest absolute Gasteiger partial charge is 0.126 e. The Hall–Kier alpha value is -0.890. The molecule has 0 heterocycles. The van der Waals surface area contributed by atoms with Crippen LogP contribution < -0.4 is 0 Å². The van der Waals surface area contributed by atoms with Gasteiger partial charge in [0, 0.05) is 6.42 Å². The lowest BCUT2D eigenvalue weighted by molar-refractivity contribution is 0.0571. The van der Waals surface area contributed by atoms with E-state index in [1.165, 1.54) is 6.07 Å². The van der Waals surface area contributed by atoms with Gasteiger partial charge in [-0.25, -0.2) is 4.39 Å². The van der Waals surface area contributed by atoms with Gasteiger partial charge in [-0.05, 0) is 48.6 Å². The van der Waals surface area contributed by atoms with Crippen LogP contribution in [0.2, 0.25) is 0 Å². The van der Waals surface area contributed by atoms with Crippen LogP contribution in [-0.2, 0) is 6.42 Å². The first-order valence-electron chi connectivity index (χ1n) is 6.89. The molecule has 1 N–H and O–H groups in total. The van der Waals surface area contributed by atoms with Crippen LogP contribution in [0.1, 0.15) is 45.1 Å². The number of aliphatic hydroxyl groups is 1. The molecule has 0 radical (unpaired) electrons. The highest BCUT2D eigenvalue weighted by atomic mass is 19.1. The van der Waals surface area contributed by atoms with Crippen molar-refractivity contribution in [2.24, 2.45) is 11.3 Å². The maximum atomic E-state index is 13.5. The number of hydrogen-bond donors (Lipinski definition) is 1. The number of aliphatic hydroxyl groups excluding tert-OH is 1. The molecule has 1 saturated carbocycles. The van der Waals surface area contributed by atoms with E-state index in [4.69, 9.17) is 0 Å². The number of hydrogen-bond acceptors (Lipinski definition) is 1. The van der Waals surface area contributed by atoms with Crippen molar-refractivity contribution in [2.45, 2.75) is 52.1 Å². The van der Waals surface area contributed by atoms with Crippen LogP contribution in [0.25, 0.3) is 0 Å². The second-order valence-corrected chi connectivity index (χ2v) is 6.36. The minimum Gasteiger partial charge on any atom is -0.392 e. The van der Waals surface area contributed by atoms with Crippen molar-refractivity contribution in [3.05, 3.63) is 35.6 Å². The Bertz CT molecular complexity index is 390. The Kier molecular flexibility index (Phi) is 4.06. The molecule has 18 heavy (non-hydrogen) atoms. The number of benzene rings is 1. The third kappa shape index (κ3) is 3.32. The molecule has 0 saturated heterocycles. The summed E-state index contributed by atoms with van der Waals surface area (Å²) in [6.07, 6.45) is 4.47. The van der Waals surface area contributed by atoms with Gasteiger partial charge in [-0.2, -0.15) is 0 Å². The molecule has 0 aromatic heterocycles. The molecule has 0 spiro atoms. The summed E-state index contributed by atoms with van der Waals surface area (Å²) in [5.41, 5.74) is 1.05. The lowest BCUT2D eigenvalue weighted by Crippen LogP contribution is -2.30. The third-order valence-corrected chi connectivity index (χ3v) is 4.31. The van der Waals surface area contributed by atoms with E-state index in [1.54, 1.807) is 12.1 Å². The highest BCUT2D eigenvalue weighted by Gasteiger charge is 2.30. The molecule has 0 bridgehead atoms. The van der Waals surface area contributed by atoms with Crippen molar-refractivity contribution in [1.29, 1.82) is 0 Å².